The topological polar surface area (TPSA) is 27.1 Å². The van der Waals surface area contributed by atoms with Crippen LogP contribution < -0.4 is 0 Å². The summed E-state index contributed by atoms with van der Waals surface area (Å²) in [5.41, 5.74) is 3.53. The van der Waals surface area contributed by atoms with E-state index in [0.717, 1.165) is 38.1 Å². The largest absolute Gasteiger partial charge is 0.378 e. The van der Waals surface area contributed by atoms with Crippen molar-refractivity contribution in [2.45, 2.75) is 70.9 Å². The maximum absolute atomic E-state index is 6.38. The number of hydrogen-bond acceptors (Lipinski definition) is 2. The Balaban J connectivity index is 1.93. The van der Waals surface area contributed by atoms with Gasteiger partial charge >= 0.3 is 0 Å². The molecule has 3 nitrogen and oxygen atoms in total. The van der Waals surface area contributed by atoms with Crippen LogP contribution in [-0.4, -0.2) is 22.5 Å². The van der Waals surface area contributed by atoms with Gasteiger partial charge in [-0.1, -0.05) is 6.92 Å². The smallest absolute Gasteiger partial charge is 0.0643 e. The Morgan fingerprint density at radius 1 is 1.47 bits per heavy atom. The van der Waals surface area contributed by atoms with E-state index in [2.05, 4.69) is 30.6 Å². The molecule has 0 N–H and O–H groups in total. The number of hydrogen-bond donors (Lipinski definition) is 0. The van der Waals surface area contributed by atoms with E-state index in [1.54, 1.807) is 0 Å². The Labute approximate surface area is 121 Å². The monoisotopic (exact) mass is 284 g/mol. The SMILES string of the molecule is CCC(Cl)c1c(C)nn(CCCC2CCCO2)c1C. The Kier molecular flexibility index (Phi) is 5.28. The fraction of sp³-hybridized carbons (Fsp3) is 0.800. The highest BCUT2D eigenvalue weighted by Crippen LogP contribution is 2.29. The van der Waals surface area contributed by atoms with Crippen LogP contribution >= 0.6 is 11.6 Å². The zero-order chi connectivity index (χ0) is 13.8. The third-order valence-corrected chi connectivity index (χ3v) is 4.56. The molecule has 1 fully saturated rings. The fourth-order valence-corrected chi connectivity index (χ4v) is 3.24. The molecule has 1 aromatic heterocycles. The molecule has 0 aliphatic carbocycles. The molecule has 0 aromatic carbocycles. The van der Waals surface area contributed by atoms with E-state index in [1.165, 1.54) is 24.1 Å². The van der Waals surface area contributed by atoms with Crippen LogP contribution in [0.1, 0.15) is 61.4 Å². The maximum Gasteiger partial charge on any atom is 0.0643 e. The van der Waals surface area contributed by atoms with Crippen LogP contribution in [-0.2, 0) is 11.3 Å². The first-order valence-corrected chi connectivity index (χ1v) is 7.86. The van der Waals surface area contributed by atoms with Crippen molar-refractivity contribution in [3.63, 3.8) is 0 Å². The molecule has 1 aromatic rings. The molecule has 2 unspecified atom stereocenters. The summed E-state index contributed by atoms with van der Waals surface area (Å²) in [6.45, 7) is 8.22. The molecule has 1 aliphatic rings. The van der Waals surface area contributed by atoms with Gasteiger partial charge in [-0.15, -0.1) is 11.6 Å². The molecule has 0 radical (unpaired) electrons. The molecule has 0 amide bonds. The van der Waals surface area contributed by atoms with Crippen molar-refractivity contribution in [2.24, 2.45) is 0 Å². The van der Waals surface area contributed by atoms with Gasteiger partial charge in [-0.05, 0) is 46.0 Å². The average molecular weight is 285 g/mol. The minimum absolute atomic E-state index is 0.0897. The molecule has 19 heavy (non-hydrogen) atoms. The number of alkyl halides is 1. The summed E-state index contributed by atoms with van der Waals surface area (Å²) in [6.07, 6.45) is 6.15. The third-order valence-electron chi connectivity index (χ3n) is 4.03. The van der Waals surface area contributed by atoms with E-state index in [1.807, 2.05) is 0 Å². The molecule has 0 spiro atoms. The molecule has 2 atom stereocenters. The number of halogens is 1. The summed E-state index contributed by atoms with van der Waals surface area (Å²) < 4.78 is 7.77. The molecule has 0 bridgehead atoms. The van der Waals surface area contributed by atoms with Gasteiger partial charge in [-0.25, -0.2) is 0 Å². The van der Waals surface area contributed by atoms with E-state index >= 15 is 0 Å². The van der Waals surface area contributed by atoms with Crippen LogP contribution in [0, 0.1) is 13.8 Å². The van der Waals surface area contributed by atoms with E-state index in [9.17, 15) is 0 Å². The lowest BCUT2D eigenvalue weighted by Gasteiger charge is -2.10. The third kappa shape index (κ3) is 3.51. The standard InChI is InChI=1S/C15H25ClN2O/c1-4-14(16)15-11(2)17-18(12(15)3)9-5-7-13-8-6-10-19-13/h13-14H,4-10H2,1-3H3. The van der Waals surface area contributed by atoms with Gasteiger partial charge < -0.3 is 4.74 Å². The van der Waals surface area contributed by atoms with Crippen LogP contribution in [0.3, 0.4) is 0 Å². The van der Waals surface area contributed by atoms with Crippen molar-refractivity contribution in [3.05, 3.63) is 17.0 Å². The Morgan fingerprint density at radius 2 is 2.26 bits per heavy atom. The van der Waals surface area contributed by atoms with Crippen molar-refractivity contribution in [3.8, 4) is 0 Å². The Morgan fingerprint density at radius 3 is 2.89 bits per heavy atom. The highest BCUT2D eigenvalue weighted by atomic mass is 35.5. The van der Waals surface area contributed by atoms with Crippen LogP contribution in [0.2, 0.25) is 0 Å². The quantitative estimate of drug-likeness (QED) is 0.734. The van der Waals surface area contributed by atoms with Crippen molar-refractivity contribution < 1.29 is 4.74 Å². The van der Waals surface area contributed by atoms with Gasteiger partial charge in [0.15, 0.2) is 0 Å². The number of ether oxygens (including phenoxy) is 1. The lowest BCUT2D eigenvalue weighted by atomic mass is 10.1. The van der Waals surface area contributed by atoms with Crippen LogP contribution in [0.5, 0.6) is 0 Å². The van der Waals surface area contributed by atoms with E-state index in [0.29, 0.717) is 6.10 Å². The summed E-state index contributed by atoms with van der Waals surface area (Å²) >= 11 is 6.38. The number of nitrogens with zero attached hydrogens (tertiary/aromatic N) is 2. The molecular weight excluding hydrogens is 260 g/mol. The number of rotatable bonds is 6. The first kappa shape index (κ1) is 14.9. The highest BCUT2D eigenvalue weighted by Gasteiger charge is 2.18. The van der Waals surface area contributed by atoms with Gasteiger partial charge in [-0.2, -0.15) is 5.10 Å². The van der Waals surface area contributed by atoms with Crippen LogP contribution in [0.25, 0.3) is 0 Å². The zero-order valence-corrected chi connectivity index (χ0v) is 13.0. The molecule has 1 aliphatic heterocycles. The summed E-state index contributed by atoms with van der Waals surface area (Å²) in [5, 5.41) is 4.72. The van der Waals surface area contributed by atoms with Crippen molar-refractivity contribution in [1.82, 2.24) is 9.78 Å². The Bertz CT molecular complexity index is 411. The van der Waals surface area contributed by atoms with Gasteiger partial charge in [-0.3, -0.25) is 4.68 Å². The highest BCUT2D eigenvalue weighted by molar-refractivity contribution is 6.20. The Hall–Kier alpha value is -0.540. The van der Waals surface area contributed by atoms with Crippen molar-refractivity contribution in [1.29, 1.82) is 0 Å². The molecule has 2 rings (SSSR count). The number of aromatic nitrogens is 2. The minimum Gasteiger partial charge on any atom is -0.378 e. The molecule has 0 saturated carbocycles. The second kappa shape index (κ2) is 6.76. The second-order valence-electron chi connectivity index (χ2n) is 5.46. The van der Waals surface area contributed by atoms with Gasteiger partial charge in [0.2, 0.25) is 0 Å². The minimum atomic E-state index is 0.0897. The average Bonchev–Trinajstić information content (AvgIpc) is 2.98. The van der Waals surface area contributed by atoms with E-state index in [-0.39, 0.29) is 5.38 Å². The molecule has 108 valence electrons. The van der Waals surface area contributed by atoms with Gasteiger partial charge in [0.05, 0.1) is 17.2 Å². The molecule has 4 heteroatoms. The number of aryl methyl sites for hydroxylation is 2. The summed E-state index contributed by atoms with van der Waals surface area (Å²) in [6, 6.07) is 0. The lowest BCUT2D eigenvalue weighted by Crippen LogP contribution is -2.09. The fourth-order valence-electron chi connectivity index (χ4n) is 2.93. The molecule has 2 heterocycles. The van der Waals surface area contributed by atoms with Gasteiger partial charge in [0.25, 0.3) is 0 Å². The van der Waals surface area contributed by atoms with E-state index < -0.39 is 0 Å². The first-order valence-electron chi connectivity index (χ1n) is 7.43. The van der Waals surface area contributed by atoms with Gasteiger partial charge in [0.1, 0.15) is 0 Å². The maximum atomic E-state index is 6.38. The summed E-state index contributed by atoms with van der Waals surface area (Å²) in [4.78, 5) is 0. The second-order valence-corrected chi connectivity index (χ2v) is 5.99. The zero-order valence-electron chi connectivity index (χ0n) is 12.3. The molecule has 1 saturated heterocycles. The predicted octanol–water partition coefficient (Wildman–Crippen LogP) is 4.15. The van der Waals surface area contributed by atoms with Gasteiger partial charge in [0, 0.05) is 24.4 Å². The van der Waals surface area contributed by atoms with Crippen LogP contribution in [0.4, 0.5) is 0 Å². The first-order chi connectivity index (χ1) is 9.13. The van der Waals surface area contributed by atoms with E-state index in [4.69, 9.17) is 16.3 Å². The predicted molar refractivity (Wildman–Crippen MR) is 78.8 cm³/mol. The van der Waals surface area contributed by atoms with Crippen LogP contribution in [0.15, 0.2) is 0 Å². The van der Waals surface area contributed by atoms with Crippen molar-refractivity contribution >= 4 is 11.6 Å². The lowest BCUT2D eigenvalue weighted by molar-refractivity contribution is 0.101. The molecular formula is C15H25ClN2O. The summed E-state index contributed by atoms with van der Waals surface area (Å²) in [7, 11) is 0. The summed E-state index contributed by atoms with van der Waals surface area (Å²) in [5.74, 6) is 0. The normalized spacial score (nSPS) is 20.9. The van der Waals surface area contributed by atoms with Crippen molar-refractivity contribution in [2.75, 3.05) is 6.61 Å².